The molecule has 2 rings (SSSR count). The van der Waals surface area contributed by atoms with E-state index >= 15 is 0 Å². The Hall–Kier alpha value is -2.95. The van der Waals surface area contributed by atoms with Crippen LogP contribution in [0.15, 0.2) is 15.9 Å². The van der Waals surface area contributed by atoms with Crippen LogP contribution in [0.3, 0.4) is 0 Å². The molecule has 0 spiro atoms. The minimum Gasteiger partial charge on any atom is -0.481 e. The second kappa shape index (κ2) is 6.67. The number of hydrogen-bond acceptors (Lipinski definition) is 6. The zero-order valence-electron chi connectivity index (χ0n) is 11.7. The molecule has 2 heterocycles. The van der Waals surface area contributed by atoms with Crippen LogP contribution in [0.1, 0.15) is 6.42 Å². The van der Waals surface area contributed by atoms with Gasteiger partial charge in [-0.05, 0) is 0 Å². The summed E-state index contributed by atoms with van der Waals surface area (Å²) in [5, 5.41) is 24.1. The van der Waals surface area contributed by atoms with Crippen molar-refractivity contribution in [1.29, 1.82) is 0 Å². The second-order valence-electron chi connectivity index (χ2n) is 4.26. The largest absolute Gasteiger partial charge is 0.481 e. The molecule has 11 nitrogen and oxygen atoms in total. The maximum absolute atomic E-state index is 11.4. The lowest BCUT2D eigenvalue weighted by atomic mass is 10.3. The van der Waals surface area contributed by atoms with Crippen molar-refractivity contribution < 1.29 is 24.9 Å². The summed E-state index contributed by atoms with van der Waals surface area (Å²) in [5.41, 5.74) is 0.0119. The summed E-state index contributed by atoms with van der Waals surface area (Å²) in [6.45, 7) is 0. The Labute approximate surface area is 122 Å². The molecular weight excluding hydrogens is 300 g/mol. The standard InChI is InChI=1S/C7H8N4O2.C4H6O5/c1-10-5-4(8-3-9-5)6(12)11(2)7(10)13;5-2(4(8)9)1-3(6)7/h3H,1-2H3,(H,8,9);2,5H,1H2,(H,6,7)(H,8,9)/t;2-/m.0/s1. The van der Waals surface area contributed by atoms with Crippen molar-refractivity contribution in [2.75, 3.05) is 0 Å². The molecule has 120 valence electrons. The first kappa shape index (κ1) is 17.1. The molecule has 0 saturated heterocycles. The van der Waals surface area contributed by atoms with Gasteiger partial charge in [0.1, 0.15) is 5.52 Å². The van der Waals surface area contributed by atoms with Gasteiger partial charge in [0.15, 0.2) is 11.8 Å². The van der Waals surface area contributed by atoms with Crippen LogP contribution in [-0.2, 0) is 23.7 Å². The molecule has 0 aliphatic carbocycles. The Kier molecular flexibility index (Phi) is 5.18. The van der Waals surface area contributed by atoms with Gasteiger partial charge < -0.3 is 20.3 Å². The van der Waals surface area contributed by atoms with E-state index in [1.165, 1.54) is 17.9 Å². The number of aliphatic hydroxyl groups excluding tert-OH is 1. The van der Waals surface area contributed by atoms with Crippen LogP contribution in [0.25, 0.3) is 11.2 Å². The Morgan fingerprint density at radius 3 is 2.32 bits per heavy atom. The fraction of sp³-hybridized carbons (Fsp3) is 0.364. The van der Waals surface area contributed by atoms with Gasteiger partial charge in [0.2, 0.25) is 0 Å². The average molecular weight is 314 g/mol. The first-order valence-corrected chi connectivity index (χ1v) is 5.88. The Morgan fingerprint density at radius 1 is 1.27 bits per heavy atom. The summed E-state index contributed by atoms with van der Waals surface area (Å²) in [4.78, 5) is 48.8. The van der Waals surface area contributed by atoms with E-state index in [2.05, 4.69) is 9.97 Å². The highest BCUT2D eigenvalue weighted by Gasteiger charge is 2.16. The Balaban J connectivity index is 0.000000239. The van der Waals surface area contributed by atoms with E-state index in [4.69, 9.17) is 15.3 Å². The lowest BCUT2D eigenvalue weighted by Gasteiger charge is -2.00. The first-order chi connectivity index (χ1) is 10.2. The van der Waals surface area contributed by atoms with Crippen molar-refractivity contribution in [3.8, 4) is 0 Å². The molecule has 22 heavy (non-hydrogen) atoms. The summed E-state index contributed by atoms with van der Waals surface area (Å²) in [6.07, 6.45) is -1.15. The Morgan fingerprint density at radius 2 is 1.86 bits per heavy atom. The monoisotopic (exact) mass is 314 g/mol. The molecule has 1 atom stereocenters. The topological polar surface area (TPSA) is 168 Å². The van der Waals surface area contributed by atoms with E-state index in [-0.39, 0.29) is 11.2 Å². The Bertz CT molecular complexity index is 816. The van der Waals surface area contributed by atoms with Gasteiger partial charge in [-0.15, -0.1) is 0 Å². The number of H-pyrrole nitrogens is 1. The molecular formula is C11H14N4O7. The average Bonchev–Trinajstić information content (AvgIpc) is 2.92. The SMILES string of the molecule is Cn1c(=O)c2[nH]cnc2n(C)c1=O.O=C(O)C[C@H](O)C(=O)O. The van der Waals surface area contributed by atoms with Gasteiger partial charge in [0, 0.05) is 14.1 Å². The van der Waals surface area contributed by atoms with Crippen LogP contribution in [0, 0.1) is 0 Å². The minimum absolute atomic E-state index is 0.351. The van der Waals surface area contributed by atoms with Gasteiger partial charge in [0.25, 0.3) is 5.56 Å². The van der Waals surface area contributed by atoms with Gasteiger partial charge in [-0.3, -0.25) is 18.7 Å². The molecule has 0 saturated carbocycles. The van der Waals surface area contributed by atoms with Crippen molar-refractivity contribution in [2.24, 2.45) is 14.1 Å². The zero-order chi connectivity index (χ0) is 17.0. The molecule has 0 amide bonds. The number of aliphatic hydroxyl groups is 1. The molecule has 0 aliphatic heterocycles. The highest BCUT2D eigenvalue weighted by atomic mass is 16.4. The number of imidazole rings is 1. The van der Waals surface area contributed by atoms with Crippen LogP contribution in [0.2, 0.25) is 0 Å². The number of rotatable bonds is 3. The van der Waals surface area contributed by atoms with E-state index in [0.717, 1.165) is 4.57 Å². The van der Waals surface area contributed by atoms with Crippen LogP contribution in [0.5, 0.6) is 0 Å². The van der Waals surface area contributed by atoms with Crippen molar-refractivity contribution >= 4 is 23.1 Å². The van der Waals surface area contributed by atoms with E-state index in [0.29, 0.717) is 11.2 Å². The number of aromatic amines is 1. The van der Waals surface area contributed by atoms with Gasteiger partial charge >= 0.3 is 17.6 Å². The number of fused-ring (bicyclic) bond motifs is 1. The maximum Gasteiger partial charge on any atom is 0.333 e. The number of carboxylic acid groups (broad SMARTS) is 2. The molecule has 0 fully saturated rings. The highest BCUT2D eigenvalue weighted by Crippen LogP contribution is 1.97. The molecule has 0 aromatic carbocycles. The smallest absolute Gasteiger partial charge is 0.333 e. The van der Waals surface area contributed by atoms with Gasteiger partial charge in [0.05, 0.1) is 12.7 Å². The third-order valence-corrected chi connectivity index (χ3v) is 2.68. The van der Waals surface area contributed by atoms with E-state index in [9.17, 15) is 19.2 Å². The minimum atomic E-state index is -1.79. The van der Waals surface area contributed by atoms with Crippen molar-refractivity contribution in [3.63, 3.8) is 0 Å². The summed E-state index contributed by atoms with van der Waals surface area (Å²) >= 11 is 0. The second-order valence-corrected chi connectivity index (χ2v) is 4.26. The summed E-state index contributed by atoms with van der Waals surface area (Å²) < 4.78 is 2.37. The summed E-state index contributed by atoms with van der Waals surface area (Å²) in [7, 11) is 3.01. The van der Waals surface area contributed by atoms with Crippen molar-refractivity contribution in [2.45, 2.75) is 12.5 Å². The maximum atomic E-state index is 11.4. The zero-order valence-corrected chi connectivity index (χ0v) is 11.7. The fourth-order valence-electron chi connectivity index (χ4n) is 1.52. The number of carboxylic acids is 2. The molecule has 0 aliphatic rings. The number of aromatic nitrogens is 4. The fourth-order valence-corrected chi connectivity index (χ4v) is 1.52. The summed E-state index contributed by atoms with van der Waals surface area (Å²) in [5.74, 6) is -2.85. The molecule has 2 aromatic heterocycles. The van der Waals surface area contributed by atoms with Gasteiger partial charge in [-0.1, -0.05) is 0 Å². The first-order valence-electron chi connectivity index (χ1n) is 5.88. The number of hydrogen-bond donors (Lipinski definition) is 4. The normalized spacial score (nSPS) is 11.6. The number of carbonyl (C=O) groups is 2. The molecule has 4 N–H and O–H groups in total. The third-order valence-electron chi connectivity index (χ3n) is 2.68. The molecule has 2 aromatic rings. The van der Waals surface area contributed by atoms with E-state index < -0.39 is 24.5 Å². The third kappa shape index (κ3) is 3.58. The molecule has 0 unspecified atom stereocenters. The quantitative estimate of drug-likeness (QED) is 0.498. The van der Waals surface area contributed by atoms with Gasteiger partial charge in [-0.2, -0.15) is 0 Å². The van der Waals surface area contributed by atoms with Crippen LogP contribution >= 0.6 is 0 Å². The van der Waals surface area contributed by atoms with Crippen LogP contribution in [-0.4, -0.2) is 52.5 Å². The lowest BCUT2D eigenvalue weighted by Crippen LogP contribution is -2.36. The van der Waals surface area contributed by atoms with Crippen LogP contribution < -0.4 is 11.2 Å². The summed E-state index contributed by atoms with van der Waals surface area (Å²) in [6, 6.07) is 0. The predicted molar refractivity (Wildman–Crippen MR) is 72.5 cm³/mol. The number of aliphatic carboxylic acids is 2. The molecule has 0 radical (unpaired) electrons. The van der Waals surface area contributed by atoms with Crippen molar-refractivity contribution in [1.82, 2.24) is 19.1 Å². The number of aryl methyl sites for hydroxylation is 1. The predicted octanol–water partition coefficient (Wildman–Crippen LogP) is -2.13. The van der Waals surface area contributed by atoms with Crippen molar-refractivity contribution in [3.05, 3.63) is 27.2 Å². The van der Waals surface area contributed by atoms with Gasteiger partial charge in [-0.25, -0.2) is 14.6 Å². The molecule has 0 bridgehead atoms. The molecule has 11 heteroatoms. The highest BCUT2D eigenvalue weighted by molar-refractivity contribution is 5.79. The number of nitrogens with one attached hydrogen (secondary N) is 1. The number of nitrogens with zero attached hydrogens (tertiary/aromatic N) is 3. The lowest BCUT2D eigenvalue weighted by molar-refractivity contribution is -0.152. The van der Waals surface area contributed by atoms with Crippen LogP contribution in [0.4, 0.5) is 0 Å². The van der Waals surface area contributed by atoms with E-state index in [1.54, 1.807) is 7.05 Å². The van der Waals surface area contributed by atoms with E-state index in [1.807, 2.05) is 0 Å².